The van der Waals surface area contributed by atoms with E-state index in [4.69, 9.17) is 4.55 Å². The fourth-order valence-corrected chi connectivity index (χ4v) is 1.25. The molecule has 14 heavy (non-hydrogen) atoms. The summed E-state index contributed by atoms with van der Waals surface area (Å²) in [5.74, 6) is 0.121. The van der Waals surface area contributed by atoms with Crippen LogP contribution >= 0.6 is 0 Å². The summed E-state index contributed by atoms with van der Waals surface area (Å²) in [6, 6.07) is 4.83. The third-order valence-corrected chi connectivity index (χ3v) is 1.89. The van der Waals surface area contributed by atoms with Gasteiger partial charge in [0.25, 0.3) is 0 Å². The van der Waals surface area contributed by atoms with Crippen molar-refractivity contribution in [3.63, 3.8) is 0 Å². The Kier molecular flexibility index (Phi) is 6.22. The molecule has 1 N–H and O–H groups in total. The van der Waals surface area contributed by atoms with Crippen molar-refractivity contribution in [3.05, 3.63) is 29.3 Å². The average molecular weight is 224 g/mol. The number of hydrogen-bond donors (Lipinski definition) is 1. The molecule has 4 nitrogen and oxygen atoms in total. The number of benzene rings is 1. The van der Waals surface area contributed by atoms with Crippen molar-refractivity contribution in [2.75, 3.05) is 0 Å². The molecule has 0 aliphatic carbocycles. The van der Waals surface area contributed by atoms with Gasteiger partial charge in [0.15, 0.2) is 12.0 Å². The van der Waals surface area contributed by atoms with E-state index in [0.717, 1.165) is 0 Å². The number of carbonyl (C=O) groups excluding carboxylic acids is 1. The third kappa shape index (κ3) is 3.51. The molecule has 0 aromatic heterocycles. The molecule has 1 aromatic rings. The van der Waals surface area contributed by atoms with Crippen molar-refractivity contribution >= 4 is 47.2 Å². The number of carbonyl (C=O) groups is 1. The summed E-state index contributed by atoms with van der Waals surface area (Å²) in [6.45, 7) is 1.72. The molecule has 0 saturated carbocycles. The van der Waals surface area contributed by atoms with Gasteiger partial charge in [-0.3, -0.25) is 9.35 Å². The summed E-state index contributed by atoms with van der Waals surface area (Å²) in [7, 11) is 0. The zero-order chi connectivity index (χ0) is 9.84. The third-order valence-electron chi connectivity index (χ3n) is 1.56. The van der Waals surface area contributed by atoms with Crippen molar-refractivity contribution < 1.29 is 17.7 Å². The summed E-state index contributed by atoms with van der Waals surface area (Å²) in [4.78, 5) is 10.6. The first-order valence-electron chi connectivity index (χ1n) is 3.49. The molecule has 0 heterocycles. The molecular formula is C8H9NaO4S. The van der Waals surface area contributed by atoms with Crippen LogP contribution in [0, 0.1) is 6.92 Å². The summed E-state index contributed by atoms with van der Waals surface area (Å²) < 4.78 is 23.3. The van der Waals surface area contributed by atoms with Crippen LogP contribution in [0.2, 0.25) is 0 Å². The molecule has 0 spiro atoms. The van der Waals surface area contributed by atoms with Crippen LogP contribution in [0.3, 0.4) is 0 Å². The van der Waals surface area contributed by atoms with E-state index in [-0.39, 0.29) is 35.3 Å². The molecule has 72 valence electrons. The molecule has 0 aliphatic rings. The van der Waals surface area contributed by atoms with E-state index in [1.54, 1.807) is 19.1 Å². The SMILES string of the molecule is Cc1cccc(OS(=O)O)c1C=O.[NaH]. The van der Waals surface area contributed by atoms with Crippen molar-refractivity contribution in [2.45, 2.75) is 6.92 Å². The Hall–Kier alpha value is -0.200. The van der Waals surface area contributed by atoms with Crippen molar-refractivity contribution in [1.82, 2.24) is 0 Å². The van der Waals surface area contributed by atoms with Gasteiger partial charge in [-0.2, -0.15) is 4.21 Å². The zero-order valence-corrected chi connectivity index (χ0v) is 7.71. The van der Waals surface area contributed by atoms with Crippen molar-refractivity contribution in [3.8, 4) is 5.75 Å². The molecule has 1 aromatic carbocycles. The van der Waals surface area contributed by atoms with Gasteiger partial charge in [0.1, 0.15) is 0 Å². The van der Waals surface area contributed by atoms with Gasteiger partial charge in [-0.1, -0.05) is 12.1 Å². The van der Waals surface area contributed by atoms with Crippen molar-refractivity contribution in [2.24, 2.45) is 0 Å². The molecule has 6 heteroatoms. The molecular weight excluding hydrogens is 215 g/mol. The standard InChI is InChI=1S/C8H8O4S.Na.H/c1-6-3-2-4-8(7(6)5-9)12-13(10)11;;/h2-5H,1H3,(H,10,11);;. The number of hydrogen-bond acceptors (Lipinski definition) is 3. The molecule has 1 atom stereocenters. The second kappa shape index (κ2) is 6.31. The summed E-state index contributed by atoms with van der Waals surface area (Å²) in [5, 5.41) is 0. The van der Waals surface area contributed by atoms with E-state index >= 15 is 0 Å². The van der Waals surface area contributed by atoms with Gasteiger partial charge in [-0.25, -0.2) is 0 Å². The van der Waals surface area contributed by atoms with Gasteiger partial charge in [0.05, 0.1) is 5.56 Å². The van der Waals surface area contributed by atoms with E-state index in [1.165, 1.54) is 6.07 Å². The Morgan fingerprint density at radius 1 is 1.50 bits per heavy atom. The second-order valence-electron chi connectivity index (χ2n) is 2.41. The van der Waals surface area contributed by atoms with Gasteiger partial charge in [0, 0.05) is 0 Å². The van der Waals surface area contributed by atoms with Gasteiger partial charge in [-0.15, -0.1) is 0 Å². The molecule has 0 amide bonds. The Balaban J connectivity index is 0.00000169. The Morgan fingerprint density at radius 3 is 2.64 bits per heavy atom. The normalized spacial score (nSPS) is 11.3. The van der Waals surface area contributed by atoms with Crippen molar-refractivity contribution in [1.29, 1.82) is 0 Å². The zero-order valence-electron chi connectivity index (χ0n) is 6.89. The van der Waals surface area contributed by atoms with Crippen LogP contribution in [0.25, 0.3) is 0 Å². The Bertz CT molecular complexity index is 353. The molecule has 0 bridgehead atoms. The Morgan fingerprint density at radius 2 is 2.14 bits per heavy atom. The summed E-state index contributed by atoms with van der Waals surface area (Å²) in [6.07, 6.45) is 0.595. The fraction of sp³-hybridized carbons (Fsp3) is 0.125. The second-order valence-corrected chi connectivity index (χ2v) is 3.01. The average Bonchev–Trinajstić information content (AvgIpc) is 2.03. The van der Waals surface area contributed by atoms with E-state index < -0.39 is 11.4 Å². The monoisotopic (exact) mass is 224 g/mol. The van der Waals surface area contributed by atoms with Crippen LogP contribution in [0.5, 0.6) is 5.75 Å². The predicted molar refractivity (Wildman–Crippen MR) is 55.1 cm³/mol. The molecule has 0 saturated heterocycles. The van der Waals surface area contributed by atoms with E-state index in [1.807, 2.05) is 0 Å². The number of aryl methyl sites for hydroxylation is 1. The first-order valence-corrected chi connectivity index (χ1v) is 4.52. The van der Waals surface area contributed by atoms with Gasteiger partial charge < -0.3 is 4.18 Å². The predicted octanol–water partition coefficient (Wildman–Crippen LogP) is 0.675. The molecule has 1 rings (SSSR count). The molecule has 1 unspecified atom stereocenters. The van der Waals surface area contributed by atoms with Crippen LogP contribution in [-0.2, 0) is 11.4 Å². The topological polar surface area (TPSA) is 63.6 Å². The van der Waals surface area contributed by atoms with Gasteiger partial charge in [-0.05, 0) is 18.6 Å². The summed E-state index contributed by atoms with van der Waals surface area (Å²) in [5.41, 5.74) is 1.00. The fourth-order valence-electron chi connectivity index (χ4n) is 0.954. The van der Waals surface area contributed by atoms with Crippen LogP contribution < -0.4 is 4.18 Å². The quantitative estimate of drug-likeness (QED) is 0.465. The van der Waals surface area contributed by atoms with Crippen LogP contribution in [0.1, 0.15) is 15.9 Å². The van der Waals surface area contributed by atoms with Gasteiger partial charge in [0.2, 0.25) is 0 Å². The van der Waals surface area contributed by atoms with E-state index in [2.05, 4.69) is 4.18 Å². The number of aldehydes is 1. The minimum absolute atomic E-state index is 0. The molecule has 0 aliphatic heterocycles. The number of rotatable bonds is 3. The first kappa shape index (κ1) is 13.8. The molecule has 0 fully saturated rings. The van der Waals surface area contributed by atoms with Gasteiger partial charge >= 0.3 is 40.9 Å². The van der Waals surface area contributed by atoms with Crippen LogP contribution in [-0.4, -0.2) is 44.6 Å². The summed E-state index contributed by atoms with van der Waals surface area (Å²) >= 11 is -2.40. The Labute approximate surface area is 106 Å². The molecule has 0 radical (unpaired) electrons. The maximum absolute atomic E-state index is 10.6. The van der Waals surface area contributed by atoms with E-state index in [0.29, 0.717) is 17.4 Å². The minimum atomic E-state index is -2.40. The van der Waals surface area contributed by atoms with E-state index in [9.17, 15) is 9.00 Å². The maximum atomic E-state index is 10.6. The van der Waals surface area contributed by atoms with Crippen LogP contribution in [0.4, 0.5) is 0 Å². The first-order chi connectivity index (χ1) is 6.15. The van der Waals surface area contributed by atoms with Crippen LogP contribution in [0.15, 0.2) is 18.2 Å².